The minimum Gasteiger partial charge on any atom is -0.447 e. The van der Waals surface area contributed by atoms with Crippen LogP contribution < -0.4 is 5.32 Å². The van der Waals surface area contributed by atoms with Gasteiger partial charge in [0, 0.05) is 0 Å². The lowest BCUT2D eigenvalue weighted by Gasteiger charge is -2.10. The maximum atomic E-state index is 10.2. The highest BCUT2D eigenvalue weighted by atomic mass is 16.6. The number of rotatable bonds is 0. The highest BCUT2D eigenvalue weighted by molar-refractivity contribution is 5.71. The van der Waals surface area contributed by atoms with Gasteiger partial charge < -0.3 is 10.1 Å². The Balaban J connectivity index is 2.56. The number of ether oxygens (including phenoxy) is 1. The smallest absolute Gasteiger partial charge is 0.407 e. The highest BCUT2D eigenvalue weighted by Gasteiger charge is 2.29. The fourth-order valence-electron chi connectivity index (χ4n) is 0.492. The van der Waals surface area contributed by atoms with Crippen LogP contribution in [0.25, 0.3) is 0 Å². The van der Waals surface area contributed by atoms with E-state index in [9.17, 15) is 4.79 Å². The second-order valence-corrected chi connectivity index (χ2v) is 1.98. The quantitative estimate of drug-likeness (QED) is 0.485. The number of carbonyl (C=O) groups excluding carboxylic acids is 1. The Morgan fingerprint density at radius 3 is 2.50 bits per heavy atom. The van der Waals surface area contributed by atoms with Gasteiger partial charge in [-0.05, 0) is 13.8 Å². The van der Waals surface area contributed by atoms with E-state index in [0.29, 0.717) is 0 Å². The fourth-order valence-corrected chi connectivity index (χ4v) is 0.492. The Morgan fingerprint density at radius 1 is 1.75 bits per heavy atom. The first kappa shape index (κ1) is 5.41. The van der Waals surface area contributed by atoms with Crippen molar-refractivity contribution in [2.75, 3.05) is 6.61 Å². The Hall–Kier alpha value is -0.730. The molecule has 1 rings (SSSR count). The molecule has 0 bridgehead atoms. The zero-order valence-electron chi connectivity index (χ0n) is 4.44. The van der Waals surface area contributed by atoms with E-state index >= 15 is 0 Å². The largest absolute Gasteiger partial charge is 0.447 e. The normalized spacial score (nSPS) is 24.5. The summed E-state index contributed by atoms with van der Waals surface area (Å²) in [5.41, 5.74) is -0.656. The molecular weight excluding hydrogens is 106 g/mol. The predicted octanol–water partition coefficient (Wildman–Crippen LogP) is 0.133. The third kappa shape index (κ3) is 0.911. The van der Waals surface area contributed by atoms with Crippen LogP contribution in [0.5, 0.6) is 0 Å². The van der Waals surface area contributed by atoms with Gasteiger partial charge in [0.05, 0.1) is 5.54 Å². The average Bonchev–Trinajstić information content (AvgIpc) is 1.82. The zero-order chi connectivity index (χ0) is 6.20. The van der Waals surface area contributed by atoms with Crippen LogP contribution in [0.1, 0.15) is 0 Å². The third-order valence-corrected chi connectivity index (χ3v) is 0.847. The van der Waals surface area contributed by atoms with E-state index in [2.05, 4.69) is 23.9 Å². The van der Waals surface area contributed by atoms with E-state index in [-0.39, 0.29) is 6.61 Å². The van der Waals surface area contributed by atoms with Gasteiger partial charge in [0.2, 0.25) is 0 Å². The van der Waals surface area contributed by atoms with Crippen LogP contribution in [0, 0.1) is 13.8 Å². The summed E-state index contributed by atoms with van der Waals surface area (Å²) in [6.45, 7) is 7.36. The first-order valence-electron chi connectivity index (χ1n) is 2.26. The molecule has 1 aliphatic heterocycles. The van der Waals surface area contributed by atoms with E-state index in [0.717, 1.165) is 0 Å². The molecule has 3 nitrogen and oxygen atoms in total. The molecule has 44 valence electrons. The SMILES string of the molecule is [CH2]C1([CH2])COC(=O)N1. The van der Waals surface area contributed by atoms with Gasteiger partial charge in [-0.3, -0.25) is 0 Å². The van der Waals surface area contributed by atoms with Crippen molar-refractivity contribution < 1.29 is 9.53 Å². The second-order valence-electron chi connectivity index (χ2n) is 1.98. The van der Waals surface area contributed by atoms with Crippen molar-refractivity contribution in [2.45, 2.75) is 5.54 Å². The van der Waals surface area contributed by atoms with Crippen LogP contribution >= 0.6 is 0 Å². The lowest BCUT2D eigenvalue weighted by Crippen LogP contribution is -2.37. The van der Waals surface area contributed by atoms with Gasteiger partial charge in [0.1, 0.15) is 6.61 Å². The van der Waals surface area contributed by atoms with Crippen molar-refractivity contribution in [1.29, 1.82) is 0 Å². The Kier molecular flexibility index (Phi) is 0.927. The molecule has 1 aliphatic rings. The molecule has 1 heterocycles. The molecule has 0 spiro atoms. The molecule has 0 aromatic carbocycles. The van der Waals surface area contributed by atoms with E-state index in [4.69, 9.17) is 0 Å². The minimum absolute atomic E-state index is 0.256. The summed E-state index contributed by atoms with van der Waals surface area (Å²) in [4.78, 5) is 10.2. The number of alkyl carbamates (subject to hydrolysis) is 1. The Labute approximate surface area is 48.0 Å². The van der Waals surface area contributed by atoms with Crippen molar-refractivity contribution in [3.63, 3.8) is 0 Å². The van der Waals surface area contributed by atoms with Crippen molar-refractivity contribution >= 4 is 6.09 Å². The zero-order valence-corrected chi connectivity index (χ0v) is 4.44. The maximum Gasteiger partial charge on any atom is 0.407 e. The molecule has 3 heteroatoms. The van der Waals surface area contributed by atoms with Crippen molar-refractivity contribution in [1.82, 2.24) is 5.32 Å². The second kappa shape index (κ2) is 1.37. The molecule has 1 N–H and O–H groups in total. The van der Waals surface area contributed by atoms with Crippen molar-refractivity contribution in [2.24, 2.45) is 0 Å². The number of amides is 1. The van der Waals surface area contributed by atoms with Gasteiger partial charge in [0.15, 0.2) is 0 Å². The van der Waals surface area contributed by atoms with Gasteiger partial charge in [-0.2, -0.15) is 0 Å². The average molecular weight is 113 g/mol. The maximum absolute atomic E-state index is 10.2. The lowest BCUT2D eigenvalue weighted by atomic mass is 10.1. The molecule has 2 radical (unpaired) electrons. The van der Waals surface area contributed by atoms with Gasteiger partial charge in [-0.15, -0.1) is 0 Å². The molecule has 1 saturated heterocycles. The summed E-state index contributed by atoms with van der Waals surface area (Å²) in [6, 6.07) is 0. The first-order valence-corrected chi connectivity index (χ1v) is 2.26. The summed E-state index contributed by atoms with van der Waals surface area (Å²) in [6.07, 6.45) is -0.435. The summed E-state index contributed by atoms with van der Waals surface area (Å²) in [7, 11) is 0. The Bertz CT molecular complexity index is 120. The minimum atomic E-state index is -0.656. The summed E-state index contributed by atoms with van der Waals surface area (Å²) < 4.78 is 4.49. The predicted molar refractivity (Wildman–Crippen MR) is 27.9 cm³/mol. The van der Waals surface area contributed by atoms with Crippen molar-refractivity contribution in [3.05, 3.63) is 13.8 Å². The molecule has 1 fully saturated rings. The summed E-state index contributed by atoms with van der Waals surface area (Å²) >= 11 is 0. The number of cyclic esters (lactones) is 1. The van der Waals surface area contributed by atoms with Crippen LogP contribution in [0.15, 0.2) is 0 Å². The molecule has 8 heavy (non-hydrogen) atoms. The monoisotopic (exact) mass is 113 g/mol. The van der Waals surface area contributed by atoms with Crippen LogP contribution in [0.2, 0.25) is 0 Å². The van der Waals surface area contributed by atoms with Crippen molar-refractivity contribution in [3.8, 4) is 0 Å². The molecule has 0 atom stereocenters. The topological polar surface area (TPSA) is 38.3 Å². The molecule has 0 aliphatic carbocycles. The van der Waals surface area contributed by atoms with Gasteiger partial charge in [-0.1, -0.05) is 0 Å². The van der Waals surface area contributed by atoms with Crippen LogP contribution in [-0.2, 0) is 4.74 Å². The molecule has 0 aromatic rings. The van der Waals surface area contributed by atoms with Gasteiger partial charge in [-0.25, -0.2) is 4.79 Å². The van der Waals surface area contributed by atoms with Gasteiger partial charge in [0.25, 0.3) is 0 Å². The standard InChI is InChI=1S/C5H7NO2/c1-5(2)3-8-4(7)6-5/h1-3H2,(H,6,7). The number of carbonyl (C=O) groups is 1. The fraction of sp³-hybridized carbons (Fsp3) is 0.400. The van der Waals surface area contributed by atoms with Gasteiger partial charge >= 0.3 is 6.09 Å². The molecular formula is C5H7NO2. The summed E-state index contributed by atoms with van der Waals surface area (Å²) in [5.74, 6) is 0. The van der Waals surface area contributed by atoms with Crippen LogP contribution in [0.4, 0.5) is 4.79 Å². The molecule has 0 saturated carbocycles. The number of hydrogen-bond acceptors (Lipinski definition) is 2. The highest BCUT2D eigenvalue weighted by Crippen LogP contribution is 2.07. The van der Waals surface area contributed by atoms with E-state index in [1.165, 1.54) is 0 Å². The molecule has 1 amide bonds. The molecule has 0 aromatic heterocycles. The molecule has 0 unspecified atom stereocenters. The number of hydrogen-bond donors (Lipinski definition) is 1. The third-order valence-electron chi connectivity index (χ3n) is 0.847. The first-order chi connectivity index (χ1) is 3.60. The van der Waals surface area contributed by atoms with Crippen LogP contribution in [-0.4, -0.2) is 18.2 Å². The Morgan fingerprint density at radius 2 is 2.38 bits per heavy atom. The van der Waals surface area contributed by atoms with E-state index in [1.54, 1.807) is 0 Å². The van der Waals surface area contributed by atoms with Crippen LogP contribution in [0.3, 0.4) is 0 Å². The summed E-state index contributed by atoms with van der Waals surface area (Å²) in [5, 5.41) is 2.41. The number of nitrogens with one attached hydrogen (secondary N) is 1. The lowest BCUT2D eigenvalue weighted by molar-refractivity contribution is 0.176. The van der Waals surface area contributed by atoms with E-state index < -0.39 is 11.6 Å². The van der Waals surface area contributed by atoms with E-state index in [1.807, 2.05) is 0 Å².